The fraction of sp³-hybridized carbons (Fsp3) is 0.333. The minimum absolute atomic E-state index is 0.0920. The number of hydrogen-bond acceptors (Lipinski definition) is 4. The molecule has 1 aromatic rings. The van der Waals surface area contributed by atoms with Crippen molar-refractivity contribution in [1.29, 1.82) is 0 Å². The van der Waals surface area contributed by atoms with Gasteiger partial charge in [-0.2, -0.15) is 0 Å². The van der Waals surface area contributed by atoms with Gasteiger partial charge in [0.25, 0.3) is 5.91 Å². The lowest BCUT2D eigenvalue weighted by Gasteiger charge is -2.11. The standard InChI is InChI=1S/C12H14N2O3S/c1-8(7-10(13)16)14-12(17)11-9(3-2-5-15)4-6-18-11/h4,6,8,15H,5,7H2,1H3,(H2,13,16)(H,14,17). The molecule has 96 valence electrons. The van der Waals surface area contributed by atoms with Crippen LogP contribution in [0.3, 0.4) is 0 Å². The van der Waals surface area contributed by atoms with Crippen LogP contribution in [0.4, 0.5) is 0 Å². The Morgan fingerprint density at radius 3 is 2.94 bits per heavy atom. The number of aliphatic hydroxyl groups excluding tert-OH is 1. The lowest BCUT2D eigenvalue weighted by atomic mass is 10.2. The van der Waals surface area contributed by atoms with E-state index in [1.165, 1.54) is 11.3 Å². The number of aliphatic hydroxyl groups is 1. The first-order valence-corrected chi connectivity index (χ1v) is 6.19. The van der Waals surface area contributed by atoms with Gasteiger partial charge in [0.15, 0.2) is 0 Å². The molecule has 0 aliphatic rings. The molecule has 5 nitrogen and oxygen atoms in total. The summed E-state index contributed by atoms with van der Waals surface area (Å²) in [7, 11) is 0. The summed E-state index contributed by atoms with van der Waals surface area (Å²) < 4.78 is 0. The molecule has 6 heteroatoms. The van der Waals surface area contributed by atoms with Crippen LogP contribution < -0.4 is 11.1 Å². The van der Waals surface area contributed by atoms with E-state index in [9.17, 15) is 9.59 Å². The van der Waals surface area contributed by atoms with E-state index in [0.29, 0.717) is 10.4 Å². The quantitative estimate of drug-likeness (QED) is 0.674. The molecule has 0 spiro atoms. The molecule has 1 aromatic heterocycles. The molecule has 0 saturated carbocycles. The highest BCUT2D eigenvalue weighted by Gasteiger charge is 2.15. The molecule has 0 aliphatic carbocycles. The molecule has 1 rings (SSSR count). The van der Waals surface area contributed by atoms with Gasteiger partial charge >= 0.3 is 0 Å². The monoisotopic (exact) mass is 266 g/mol. The maximum Gasteiger partial charge on any atom is 0.262 e. The third-order valence-electron chi connectivity index (χ3n) is 2.06. The van der Waals surface area contributed by atoms with Crippen molar-refractivity contribution >= 4 is 23.2 Å². The van der Waals surface area contributed by atoms with E-state index in [1.54, 1.807) is 18.4 Å². The van der Waals surface area contributed by atoms with Gasteiger partial charge in [-0.05, 0) is 18.4 Å². The lowest BCUT2D eigenvalue weighted by Crippen LogP contribution is -2.35. The predicted octanol–water partition coefficient (Wildman–Crippen LogP) is 0.0856. The van der Waals surface area contributed by atoms with Crippen LogP contribution in [0.1, 0.15) is 28.6 Å². The fourth-order valence-corrected chi connectivity index (χ4v) is 2.11. The summed E-state index contributed by atoms with van der Waals surface area (Å²) in [6.45, 7) is 1.45. The first-order chi connectivity index (χ1) is 8.54. The molecule has 0 saturated heterocycles. The van der Waals surface area contributed by atoms with Crippen molar-refractivity contribution in [3.05, 3.63) is 21.9 Å². The van der Waals surface area contributed by atoms with E-state index in [4.69, 9.17) is 10.8 Å². The smallest absolute Gasteiger partial charge is 0.262 e. The average molecular weight is 266 g/mol. The lowest BCUT2D eigenvalue weighted by molar-refractivity contribution is -0.118. The van der Waals surface area contributed by atoms with Crippen molar-refractivity contribution in [1.82, 2.24) is 5.32 Å². The Labute approximate surface area is 109 Å². The number of hydrogen-bond donors (Lipinski definition) is 3. The topological polar surface area (TPSA) is 92.4 Å². The molecule has 2 amide bonds. The van der Waals surface area contributed by atoms with Crippen molar-refractivity contribution in [2.45, 2.75) is 19.4 Å². The zero-order valence-corrected chi connectivity index (χ0v) is 10.7. The third-order valence-corrected chi connectivity index (χ3v) is 2.97. The Bertz CT molecular complexity index is 499. The average Bonchev–Trinajstić information content (AvgIpc) is 2.72. The number of nitrogens with two attached hydrogens (primary N) is 1. The zero-order chi connectivity index (χ0) is 13.5. The predicted molar refractivity (Wildman–Crippen MR) is 69.0 cm³/mol. The number of primary amides is 1. The van der Waals surface area contributed by atoms with Crippen LogP contribution in [0.15, 0.2) is 11.4 Å². The summed E-state index contributed by atoms with van der Waals surface area (Å²) in [5, 5.41) is 13.0. The van der Waals surface area contributed by atoms with Crippen molar-refractivity contribution in [2.24, 2.45) is 5.73 Å². The maximum atomic E-state index is 11.9. The summed E-state index contributed by atoms with van der Waals surface area (Å²) in [4.78, 5) is 23.1. The largest absolute Gasteiger partial charge is 0.384 e. The fourth-order valence-electron chi connectivity index (χ4n) is 1.36. The Balaban J connectivity index is 2.72. The summed E-state index contributed by atoms with van der Waals surface area (Å²) >= 11 is 1.26. The number of carbonyl (C=O) groups excluding carboxylic acids is 2. The molecule has 0 bridgehead atoms. The van der Waals surface area contributed by atoms with Gasteiger partial charge in [0, 0.05) is 18.0 Å². The van der Waals surface area contributed by atoms with Crippen LogP contribution in [0.5, 0.6) is 0 Å². The molecule has 0 aromatic carbocycles. The summed E-state index contributed by atoms with van der Waals surface area (Å²) in [5.41, 5.74) is 5.61. The van der Waals surface area contributed by atoms with Crippen LogP contribution in [-0.2, 0) is 4.79 Å². The number of nitrogens with one attached hydrogen (secondary N) is 1. The number of carbonyl (C=O) groups is 2. The van der Waals surface area contributed by atoms with Gasteiger partial charge in [-0.15, -0.1) is 11.3 Å². The van der Waals surface area contributed by atoms with Crippen LogP contribution in [0.2, 0.25) is 0 Å². The first-order valence-electron chi connectivity index (χ1n) is 5.31. The van der Waals surface area contributed by atoms with Gasteiger partial charge in [-0.25, -0.2) is 0 Å². The third kappa shape index (κ3) is 4.20. The minimum Gasteiger partial charge on any atom is -0.384 e. The van der Waals surface area contributed by atoms with Gasteiger partial charge in [0.1, 0.15) is 11.5 Å². The van der Waals surface area contributed by atoms with Crippen molar-refractivity contribution in [3.63, 3.8) is 0 Å². The van der Waals surface area contributed by atoms with E-state index in [0.717, 1.165) is 0 Å². The highest BCUT2D eigenvalue weighted by atomic mass is 32.1. The second-order valence-corrected chi connectivity index (χ2v) is 4.58. The first kappa shape index (κ1) is 14.2. The van der Waals surface area contributed by atoms with Crippen molar-refractivity contribution in [3.8, 4) is 11.8 Å². The normalized spacial score (nSPS) is 11.2. The Kier molecular flexibility index (Phi) is 5.36. The zero-order valence-electron chi connectivity index (χ0n) is 9.90. The van der Waals surface area contributed by atoms with Crippen molar-refractivity contribution in [2.75, 3.05) is 6.61 Å². The second-order valence-electron chi connectivity index (χ2n) is 3.67. The highest BCUT2D eigenvalue weighted by Crippen LogP contribution is 2.15. The van der Waals surface area contributed by atoms with Crippen LogP contribution in [0, 0.1) is 11.8 Å². The van der Waals surface area contributed by atoms with Crippen LogP contribution >= 0.6 is 11.3 Å². The Hall–Kier alpha value is -1.84. The van der Waals surface area contributed by atoms with E-state index >= 15 is 0 Å². The number of rotatable bonds is 4. The summed E-state index contributed by atoms with van der Waals surface area (Å²) in [6, 6.07) is 1.39. The van der Waals surface area contributed by atoms with Gasteiger partial charge < -0.3 is 16.2 Å². The summed E-state index contributed by atoms with van der Waals surface area (Å²) in [5.74, 6) is 4.43. The molecular weight excluding hydrogens is 252 g/mol. The van der Waals surface area contributed by atoms with E-state index in [2.05, 4.69) is 17.2 Å². The Morgan fingerprint density at radius 1 is 1.61 bits per heavy atom. The molecule has 4 N–H and O–H groups in total. The molecule has 1 unspecified atom stereocenters. The van der Waals surface area contributed by atoms with Crippen LogP contribution in [0.25, 0.3) is 0 Å². The molecule has 1 atom stereocenters. The second kappa shape index (κ2) is 6.79. The van der Waals surface area contributed by atoms with Gasteiger partial charge in [-0.3, -0.25) is 9.59 Å². The molecular formula is C12H14N2O3S. The highest BCUT2D eigenvalue weighted by molar-refractivity contribution is 7.12. The number of thiophene rings is 1. The SMILES string of the molecule is CC(CC(N)=O)NC(=O)c1sccc1C#CCO. The van der Waals surface area contributed by atoms with Crippen molar-refractivity contribution < 1.29 is 14.7 Å². The molecule has 1 heterocycles. The van der Waals surface area contributed by atoms with Crippen LogP contribution in [-0.4, -0.2) is 29.6 Å². The molecule has 0 fully saturated rings. The van der Waals surface area contributed by atoms with E-state index in [-0.39, 0.29) is 25.0 Å². The van der Waals surface area contributed by atoms with E-state index in [1.807, 2.05) is 0 Å². The Morgan fingerprint density at radius 2 is 2.33 bits per heavy atom. The number of amides is 2. The van der Waals surface area contributed by atoms with Gasteiger partial charge in [0.2, 0.25) is 5.91 Å². The molecule has 0 aliphatic heterocycles. The maximum absolute atomic E-state index is 11.9. The van der Waals surface area contributed by atoms with E-state index < -0.39 is 5.91 Å². The minimum atomic E-state index is -0.464. The molecule has 18 heavy (non-hydrogen) atoms. The summed E-state index contributed by atoms with van der Waals surface area (Å²) in [6.07, 6.45) is 0.0920. The van der Waals surface area contributed by atoms with Gasteiger partial charge in [-0.1, -0.05) is 11.8 Å². The van der Waals surface area contributed by atoms with Gasteiger partial charge in [0.05, 0.1) is 0 Å². The molecule has 0 radical (unpaired) electrons.